The van der Waals surface area contributed by atoms with E-state index in [1.54, 1.807) is 24.3 Å². The van der Waals surface area contributed by atoms with Crippen molar-refractivity contribution in [1.29, 1.82) is 0 Å². The van der Waals surface area contributed by atoms with Crippen LogP contribution in [0.4, 0.5) is 0 Å². The number of H-pyrrole nitrogens is 1. The van der Waals surface area contributed by atoms with Crippen molar-refractivity contribution in [2.45, 2.75) is 0 Å². The Bertz CT molecular complexity index is 620. The lowest BCUT2D eigenvalue weighted by Crippen LogP contribution is -2.09. The number of nitrogens with zero attached hydrogens (tertiary/aromatic N) is 1. The maximum atomic E-state index is 11.8. The van der Waals surface area contributed by atoms with Gasteiger partial charge in [-0.05, 0) is 12.1 Å². The van der Waals surface area contributed by atoms with E-state index in [0.717, 1.165) is 6.07 Å². The summed E-state index contributed by atoms with van der Waals surface area (Å²) in [4.78, 5) is 22.4. The van der Waals surface area contributed by atoms with Gasteiger partial charge in [0.2, 0.25) is 0 Å². The smallest absolute Gasteiger partial charge is 0.361 e. The van der Waals surface area contributed by atoms with Crippen molar-refractivity contribution in [3.05, 3.63) is 41.7 Å². The number of aromatic nitrogens is 2. The number of carbonyl (C=O) groups excluding carboxylic acids is 1. The summed E-state index contributed by atoms with van der Waals surface area (Å²) in [5.41, 5.74) is -0.310. The van der Waals surface area contributed by atoms with Gasteiger partial charge in [0.05, 0.1) is 7.11 Å². The van der Waals surface area contributed by atoms with Gasteiger partial charge in [0, 0.05) is 6.07 Å². The number of para-hydroxylation sites is 2. The van der Waals surface area contributed by atoms with Gasteiger partial charge < -0.3 is 14.6 Å². The molecular weight excluding hydrogens is 252 g/mol. The quantitative estimate of drug-likeness (QED) is 0.636. The molecule has 1 aromatic carbocycles. The maximum Gasteiger partial charge on any atom is 0.361 e. The van der Waals surface area contributed by atoms with Gasteiger partial charge in [-0.25, -0.2) is 9.59 Å². The Balaban J connectivity index is 2.18. The fraction of sp³-hybridized carbons (Fsp3) is 0.0833. The molecule has 7 nitrogen and oxygen atoms in total. The van der Waals surface area contributed by atoms with Crippen LogP contribution < -0.4 is 9.47 Å². The Morgan fingerprint density at radius 1 is 1.26 bits per heavy atom. The number of rotatable bonds is 4. The SMILES string of the molecule is COc1ccccc1OC(=O)c1cc(C(=O)O)n[nH]1. The summed E-state index contributed by atoms with van der Waals surface area (Å²) < 4.78 is 10.1. The van der Waals surface area contributed by atoms with Crippen LogP contribution in [0.15, 0.2) is 30.3 Å². The first kappa shape index (κ1) is 12.6. The van der Waals surface area contributed by atoms with Gasteiger partial charge in [-0.3, -0.25) is 5.10 Å². The van der Waals surface area contributed by atoms with E-state index >= 15 is 0 Å². The van der Waals surface area contributed by atoms with Crippen LogP contribution in [-0.2, 0) is 0 Å². The summed E-state index contributed by atoms with van der Waals surface area (Å²) in [6, 6.07) is 7.71. The van der Waals surface area contributed by atoms with Crippen LogP contribution in [0.2, 0.25) is 0 Å². The van der Waals surface area contributed by atoms with E-state index in [1.807, 2.05) is 0 Å². The first-order valence-electron chi connectivity index (χ1n) is 5.25. The van der Waals surface area contributed by atoms with Crippen molar-refractivity contribution in [3.8, 4) is 11.5 Å². The Kier molecular flexibility index (Phi) is 3.46. The van der Waals surface area contributed by atoms with Gasteiger partial charge in [0.15, 0.2) is 17.2 Å². The van der Waals surface area contributed by atoms with Crippen LogP contribution in [0, 0.1) is 0 Å². The van der Waals surface area contributed by atoms with Crippen LogP contribution in [0.1, 0.15) is 21.0 Å². The van der Waals surface area contributed by atoms with E-state index in [1.165, 1.54) is 7.11 Å². The summed E-state index contributed by atoms with van der Waals surface area (Å²) in [5.74, 6) is -1.34. The number of hydrogen-bond donors (Lipinski definition) is 2. The lowest BCUT2D eigenvalue weighted by Gasteiger charge is -2.07. The Hall–Kier alpha value is -2.83. The molecule has 0 aliphatic rings. The number of aromatic amines is 1. The molecule has 0 saturated heterocycles. The second kappa shape index (κ2) is 5.21. The van der Waals surface area contributed by atoms with Crippen molar-refractivity contribution in [2.75, 3.05) is 7.11 Å². The van der Waals surface area contributed by atoms with Gasteiger partial charge >= 0.3 is 11.9 Å². The number of methoxy groups -OCH3 is 1. The topological polar surface area (TPSA) is 102 Å². The summed E-state index contributed by atoms with van der Waals surface area (Å²) in [7, 11) is 1.45. The highest BCUT2D eigenvalue weighted by molar-refractivity contribution is 5.93. The summed E-state index contributed by atoms with van der Waals surface area (Å²) in [5, 5.41) is 14.5. The third-order valence-electron chi connectivity index (χ3n) is 2.29. The van der Waals surface area contributed by atoms with Gasteiger partial charge in [0.1, 0.15) is 5.69 Å². The Morgan fingerprint density at radius 2 is 1.95 bits per heavy atom. The molecule has 19 heavy (non-hydrogen) atoms. The number of nitrogens with one attached hydrogen (secondary N) is 1. The molecule has 0 amide bonds. The molecule has 1 aromatic heterocycles. The molecule has 0 unspecified atom stereocenters. The third-order valence-corrected chi connectivity index (χ3v) is 2.29. The van der Waals surface area contributed by atoms with Gasteiger partial charge in [0.25, 0.3) is 0 Å². The van der Waals surface area contributed by atoms with Crippen molar-refractivity contribution in [2.24, 2.45) is 0 Å². The second-order valence-electron chi connectivity index (χ2n) is 3.51. The highest BCUT2D eigenvalue weighted by Gasteiger charge is 2.17. The average molecular weight is 262 g/mol. The lowest BCUT2D eigenvalue weighted by atomic mass is 10.3. The van der Waals surface area contributed by atoms with Crippen LogP contribution in [0.5, 0.6) is 11.5 Å². The largest absolute Gasteiger partial charge is 0.493 e. The molecule has 0 fully saturated rings. The van der Waals surface area contributed by atoms with E-state index < -0.39 is 11.9 Å². The molecule has 0 aliphatic carbocycles. The standard InChI is InChI=1S/C12H10N2O5/c1-18-9-4-2-3-5-10(9)19-12(17)8-6-7(11(15)16)13-14-8/h2-6H,1H3,(H,13,14)(H,15,16). The van der Waals surface area contributed by atoms with Crippen molar-refractivity contribution < 1.29 is 24.2 Å². The number of aromatic carboxylic acids is 1. The minimum absolute atomic E-state index is 0.0525. The van der Waals surface area contributed by atoms with E-state index in [4.69, 9.17) is 14.6 Å². The predicted octanol–water partition coefficient (Wildman–Crippen LogP) is 1.34. The molecule has 0 saturated carbocycles. The van der Waals surface area contributed by atoms with Crippen molar-refractivity contribution in [3.63, 3.8) is 0 Å². The zero-order valence-corrected chi connectivity index (χ0v) is 9.91. The van der Waals surface area contributed by atoms with Crippen LogP contribution in [0.3, 0.4) is 0 Å². The molecule has 1 heterocycles. The van der Waals surface area contributed by atoms with E-state index in [-0.39, 0.29) is 17.1 Å². The van der Waals surface area contributed by atoms with E-state index in [9.17, 15) is 9.59 Å². The number of carbonyl (C=O) groups is 2. The van der Waals surface area contributed by atoms with Crippen molar-refractivity contribution in [1.82, 2.24) is 10.2 Å². The van der Waals surface area contributed by atoms with Crippen LogP contribution >= 0.6 is 0 Å². The number of esters is 1. The molecule has 0 aliphatic heterocycles. The van der Waals surface area contributed by atoms with Gasteiger partial charge in [-0.2, -0.15) is 5.10 Å². The van der Waals surface area contributed by atoms with Crippen molar-refractivity contribution >= 4 is 11.9 Å². The first-order chi connectivity index (χ1) is 9.11. The highest BCUT2D eigenvalue weighted by atomic mass is 16.6. The molecule has 2 rings (SSSR count). The normalized spacial score (nSPS) is 9.95. The molecule has 2 aromatic rings. The van der Waals surface area contributed by atoms with E-state index in [0.29, 0.717) is 5.75 Å². The molecule has 98 valence electrons. The first-order valence-corrected chi connectivity index (χ1v) is 5.25. The minimum Gasteiger partial charge on any atom is -0.493 e. The number of benzene rings is 1. The molecule has 7 heteroatoms. The number of hydrogen-bond acceptors (Lipinski definition) is 5. The number of carboxylic acids is 1. The van der Waals surface area contributed by atoms with Gasteiger partial charge in [-0.1, -0.05) is 12.1 Å². The summed E-state index contributed by atoms with van der Waals surface area (Å²) in [6.45, 7) is 0. The average Bonchev–Trinajstić information content (AvgIpc) is 2.89. The number of ether oxygens (including phenoxy) is 2. The fourth-order valence-corrected chi connectivity index (χ4v) is 1.39. The zero-order chi connectivity index (χ0) is 13.8. The number of carboxylic acid groups (broad SMARTS) is 1. The Labute approximate surface area is 107 Å². The zero-order valence-electron chi connectivity index (χ0n) is 9.91. The third kappa shape index (κ3) is 2.71. The lowest BCUT2D eigenvalue weighted by molar-refractivity contribution is 0.0689. The summed E-state index contributed by atoms with van der Waals surface area (Å²) >= 11 is 0. The Morgan fingerprint density at radius 3 is 2.53 bits per heavy atom. The van der Waals surface area contributed by atoms with Crippen LogP contribution in [-0.4, -0.2) is 34.4 Å². The monoisotopic (exact) mass is 262 g/mol. The molecule has 0 atom stereocenters. The fourth-order valence-electron chi connectivity index (χ4n) is 1.39. The predicted molar refractivity (Wildman–Crippen MR) is 63.5 cm³/mol. The summed E-state index contributed by atoms with van der Waals surface area (Å²) in [6.07, 6.45) is 0. The molecule has 0 bridgehead atoms. The van der Waals surface area contributed by atoms with E-state index in [2.05, 4.69) is 10.2 Å². The molecule has 0 radical (unpaired) electrons. The second-order valence-corrected chi connectivity index (χ2v) is 3.51. The molecular formula is C12H10N2O5. The molecule has 2 N–H and O–H groups in total. The van der Waals surface area contributed by atoms with Gasteiger partial charge in [-0.15, -0.1) is 0 Å². The highest BCUT2D eigenvalue weighted by Crippen LogP contribution is 2.26. The van der Waals surface area contributed by atoms with Crippen LogP contribution in [0.25, 0.3) is 0 Å². The molecule has 0 spiro atoms. The maximum absolute atomic E-state index is 11.8. The minimum atomic E-state index is -1.23.